The Morgan fingerprint density at radius 3 is 2.38 bits per heavy atom. The largest absolute Gasteiger partial charge is 0.352 e. The number of likely N-dealkylation sites (N-methyl/N-ethyl adjacent to an activating group) is 1. The molecule has 1 fully saturated rings. The summed E-state index contributed by atoms with van der Waals surface area (Å²) < 4.78 is 0. The first-order valence-corrected chi connectivity index (χ1v) is 9.37. The van der Waals surface area contributed by atoms with Gasteiger partial charge in [0.2, 0.25) is 0 Å². The Hall–Kier alpha value is -2.24. The second-order valence-corrected chi connectivity index (χ2v) is 6.99. The zero-order valence-corrected chi connectivity index (χ0v) is 15.5. The van der Waals surface area contributed by atoms with Crippen LogP contribution >= 0.6 is 0 Å². The molecule has 0 unspecified atom stereocenters. The summed E-state index contributed by atoms with van der Waals surface area (Å²) in [7, 11) is 2.17. The molecule has 0 bridgehead atoms. The van der Waals surface area contributed by atoms with E-state index in [9.17, 15) is 4.79 Å². The van der Waals surface area contributed by atoms with E-state index in [1.807, 2.05) is 24.3 Å². The summed E-state index contributed by atoms with van der Waals surface area (Å²) in [6.07, 6.45) is 5.49. The summed E-state index contributed by atoms with van der Waals surface area (Å²) in [5.74, 6) is 0.00544. The Balaban J connectivity index is 1.40. The number of aromatic nitrogens is 1. The maximum Gasteiger partial charge on any atom is 0.251 e. The van der Waals surface area contributed by atoms with Crippen LogP contribution < -0.4 is 5.32 Å². The van der Waals surface area contributed by atoms with Crippen LogP contribution in [0.25, 0.3) is 0 Å². The molecule has 0 aliphatic carbocycles. The molecule has 26 heavy (non-hydrogen) atoms. The summed E-state index contributed by atoms with van der Waals surface area (Å²) in [5, 5.41) is 3.00. The zero-order valence-electron chi connectivity index (χ0n) is 15.5. The smallest absolute Gasteiger partial charge is 0.251 e. The standard InChI is InChI=1S/C21H28N4O/c1-24-13-15-25(16-14-24)17-19-4-6-20(7-5-19)21(26)23-10-2-3-18-8-11-22-12-9-18/h4-9,11-12H,2-3,10,13-17H2,1H3,(H,23,26). The van der Waals surface area contributed by atoms with Crippen LogP contribution in [0.15, 0.2) is 48.8 Å². The van der Waals surface area contributed by atoms with Crippen molar-refractivity contribution in [1.29, 1.82) is 0 Å². The average molecular weight is 352 g/mol. The number of hydrogen-bond donors (Lipinski definition) is 1. The number of pyridine rings is 1. The molecule has 1 aliphatic rings. The molecule has 5 nitrogen and oxygen atoms in total. The first-order valence-electron chi connectivity index (χ1n) is 9.37. The fourth-order valence-corrected chi connectivity index (χ4v) is 3.17. The van der Waals surface area contributed by atoms with E-state index < -0.39 is 0 Å². The van der Waals surface area contributed by atoms with Crippen molar-refractivity contribution in [2.45, 2.75) is 19.4 Å². The van der Waals surface area contributed by atoms with Crippen molar-refractivity contribution in [3.63, 3.8) is 0 Å². The lowest BCUT2D eigenvalue weighted by Crippen LogP contribution is -2.43. The highest BCUT2D eigenvalue weighted by atomic mass is 16.1. The van der Waals surface area contributed by atoms with Crippen molar-refractivity contribution >= 4 is 5.91 Å². The molecule has 1 aliphatic heterocycles. The van der Waals surface area contributed by atoms with Gasteiger partial charge in [-0.15, -0.1) is 0 Å². The molecule has 1 amide bonds. The molecule has 1 aromatic carbocycles. The average Bonchev–Trinajstić information content (AvgIpc) is 2.68. The molecule has 0 spiro atoms. The van der Waals surface area contributed by atoms with Crippen molar-refractivity contribution in [3.05, 3.63) is 65.5 Å². The molecular weight excluding hydrogens is 324 g/mol. The molecule has 2 aromatic rings. The first-order chi connectivity index (χ1) is 12.7. The Kier molecular flexibility index (Phi) is 6.75. The number of hydrogen-bond acceptors (Lipinski definition) is 4. The molecule has 0 saturated carbocycles. The van der Waals surface area contributed by atoms with E-state index >= 15 is 0 Å². The summed E-state index contributed by atoms with van der Waals surface area (Å²) in [5.41, 5.74) is 3.25. The van der Waals surface area contributed by atoms with Gasteiger partial charge < -0.3 is 10.2 Å². The van der Waals surface area contributed by atoms with Crippen molar-refractivity contribution < 1.29 is 4.79 Å². The highest BCUT2D eigenvalue weighted by Gasteiger charge is 2.14. The van der Waals surface area contributed by atoms with E-state index in [-0.39, 0.29) is 5.91 Å². The lowest BCUT2D eigenvalue weighted by atomic mass is 10.1. The van der Waals surface area contributed by atoms with Gasteiger partial charge in [-0.05, 0) is 55.3 Å². The Morgan fingerprint density at radius 1 is 1.00 bits per heavy atom. The lowest BCUT2D eigenvalue weighted by Gasteiger charge is -2.32. The molecule has 2 heterocycles. The summed E-state index contributed by atoms with van der Waals surface area (Å²) in [6, 6.07) is 12.0. The quantitative estimate of drug-likeness (QED) is 0.776. The predicted octanol–water partition coefficient (Wildman–Crippen LogP) is 2.19. The predicted molar refractivity (Wildman–Crippen MR) is 104 cm³/mol. The van der Waals surface area contributed by atoms with Crippen LogP contribution in [-0.2, 0) is 13.0 Å². The van der Waals surface area contributed by atoms with Gasteiger partial charge in [0.05, 0.1) is 0 Å². The number of aryl methyl sites for hydroxylation is 1. The Bertz CT molecular complexity index is 679. The van der Waals surface area contributed by atoms with Gasteiger partial charge in [0.25, 0.3) is 5.91 Å². The second-order valence-electron chi connectivity index (χ2n) is 6.99. The molecular formula is C21H28N4O. The monoisotopic (exact) mass is 352 g/mol. The van der Waals surface area contributed by atoms with Gasteiger partial charge in [0, 0.05) is 57.2 Å². The number of piperazine rings is 1. The van der Waals surface area contributed by atoms with Crippen LogP contribution in [0.4, 0.5) is 0 Å². The maximum atomic E-state index is 12.3. The van der Waals surface area contributed by atoms with E-state index in [0.717, 1.165) is 51.1 Å². The number of carbonyl (C=O) groups is 1. The van der Waals surface area contributed by atoms with E-state index in [1.165, 1.54) is 11.1 Å². The molecule has 1 aromatic heterocycles. The maximum absolute atomic E-state index is 12.3. The number of nitrogens with zero attached hydrogens (tertiary/aromatic N) is 3. The van der Waals surface area contributed by atoms with Crippen molar-refractivity contribution in [2.75, 3.05) is 39.8 Å². The fraction of sp³-hybridized carbons (Fsp3) is 0.429. The summed E-state index contributed by atoms with van der Waals surface area (Å²) in [6.45, 7) is 6.11. The van der Waals surface area contributed by atoms with Crippen LogP contribution in [0.3, 0.4) is 0 Å². The molecule has 0 radical (unpaired) electrons. The number of benzene rings is 1. The Morgan fingerprint density at radius 2 is 1.69 bits per heavy atom. The van der Waals surface area contributed by atoms with E-state index in [4.69, 9.17) is 0 Å². The van der Waals surface area contributed by atoms with Gasteiger partial charge in [-0.25, -0.2) is 0 Å². The summed E-state index contributed by atoms with van der Waals surface area (Å²) >= 11 is 0. The summed E-state index contributed by atoms with van der Waals surface area (Å²) in [4.78, 5) is 21.1. The highest BCUT2D eigenvalue weighted by molar-refractivity contribution is 5.94. The van der Waals surface area contributed by atoms with Gasteiger partial charge in [-0.2, -0.15) is 0 Å². The molecule has 138 valence electrons. The second kappa shape index (κ2) is 9.46. The zero-order chi connectivity index (χ0) is 18.2. The van der Waals surface area contributed by atoms with Crippen molar-refractivity contribution in [1.82, 2.24) is 20.1 Å². The molecule has 5 heteroatoms. The van der Waals surface area contributed by atoms with Gasteiger partial charge in [0.15, 0.2) is 0 Å². The Labute approximate surface area is 156 Å². The molecule has 1 saturated heterocycles. The number of rotatable bonds is 7. The van der Waals surface area contributed by atoms with Crippen LogP contribution in [-0.4, -0.2) is 60.5 Å². The van der Waals surface area contributed by atoms with Crippen LogP contribution in [0, 0.1) is 0 Å². The number of amides is 1. The van der Waals surface area contributed by atoms with Gasteiger partial charge in [0.1, 0.15) is 0 Å². The van der Waals surface area contributed by atoms with E-state index in [1.54, 1.807) is 12.4 Å². The van der Waals surface area contributed by atoms with Crippen molar-refractivity contribution in [2.24, 2.45) is 0 Å². The first kappa shape index (κ1) is 18.5. The molecule has 3 rings (SSSR count). The third-order valence-electron chi connectivity index (χ3n) is 4.90. The van der Waals surface area contributed by atoms with Crippen LogP contribution in [0.5, 0.6) is 0 Å². The molecule has 0 atom stereocenters. The third-order valence-corrected chi connectivity index (χ3v) is 4.90. The van der Waals surface area contributed by atoms with Gasteiger partial charge >= 0.3 is 0 Å². The minimum atomic E-state index is 0.00544. The third kappa shape index (κ3) is 5.64. The minimum absolute atomic E-state index is 0.00544. The number of carbonyl (C=O) groups excluding carboxylic acids is 1. The highest BCUT2D eigenvalue weighted by Crippen LogP contribution is 2.10. The van der Waals surface area contributed by atoms with Crippen LogP contribution in [0.2, 0.25) is 0 Å². The fourth-order valence-electron chi connectivity index (χ4n) is 3.17. The van der Waals surface area contributed by atoms with Gasteiger partial charge in [-0.3, -0.25) is 14.7 Å². The molecule has 1 N–H and O–H groups in total. The van der Waals surface area contributed by atoms with Gasteiger partial charge in [-0.1, -0.05) is 12.1 Å². The number of nitrogens with one attached hydrogen (secondary N) is 1. The minimum Gasteiger partial charge on any atom is -0.352 e. The van der Waals surface area contributed by atoms with Crippen molar-refractivity contribution in [3.8, 4) is 0 Å². The lowest BCUT2D eigenvalue weighted by molar-refractivity contribution is 0.0953. The van der Waals surface area contributed by atoms with E-state index in [0.29, 0.717) is 6.54 Å². The normalized spacial score (nSPS) is 15.7. The SMILES string of the molecule is CN1CCN(Cc2ccc(C(=O)NCCCc3ccncc3)cc2)CC1. The van der Waals surface area contributed by atoms with E-state index in [2.05, 4.69) is 39.3 Å². The topological polar surface area (TPSA) is 48.5 Å². The van der Waals surface area contributed by atoms with Crippen LogP contribution in [0.1, 0.15) is 27.9 Å².